The second-order valence-electron chi connectivity index (χ2n) is 15.7. The van der Waals surface area contributed by atoms with Gasteiger partial charge < -0.3 is 18.9 Å². The number of hydrogen-bond acceptors (Lipinski definition) is 7. The van der Waals surface area contributed by atoms with Gasteiger partial charge in [-0.05, 0) is 57.8 Å². The highest BCUT2D eigenvalue weighted by atomic mass is 31.2. The molecule has 0 aromatic heterocycles. The molecule has 0 saturated carbocycles. The monoisotopic (exact) mass is 809 g/mol. The van der Waals surface area contributed by atoms with Gasteiger partial charge in [-0.15, -0.1) is 0 Å². The van der Waals surface area contributed by atoms with Crippen LogP contribution in [0, 0.1) is 0 Å². The lowest BCUT2D eigenvalue weighted by atomic mass is 10.0. The zero-order valence-corrected chi connectivity index (χ0v) is 37.2. The molecule has 0 aliphatic heterocycles. The first-order valence-electron chi connectivity index (χ1n) is 22.0. The number of likely N-dealkylation sites (N-methyl/N-ethyl adjacent to an activating group) is 1. The summed E-state index contributed by atoms with van der Waals surface area (Å²) in [5, 5.41) is 0. The van der Waals surface area contributed by atoms with Crippen LogP contribution in [0.15, 0.2) is 60.8 Å². The standard InChI is InChI=1S/C46H82NO8P/c1-6-8-10-12-14-16-18-20-21-22-23-24-25-27-28-30-32-34-36-38-45(48)52-42-44(43-54-56(50,51)53-41-40-47(3,4)5)55-46(49)39-37-35-33-31-29-26-19-17-15-13-11-9-7-2/h8,10,14,16,20-21,23-24,27-28,44H,6-7,9,11-13,15,17-19,22,25-26,29-43H2,1-5H3/p+1/b10-8+,16-14+,21-20+,24-23+,28-27+/t44-/m0/s1. The third-order valence-corrected chi connectivity index (χ3v) is 10.0. The first-order valence-corrected chi connectivity index (χ1v) is 23.5. The lowest BCUT2D eigenvalue weighted by molar-refractivity contribution is -0.870. The molecule has 0 fully saturated rings. The molecule has 324 valence electrons. The molecular formula is C46H83NO8P+. The van der Waals surface area contributed by atoms with E-state index < -0.39 is 32.5 Å². The van der Waals surface area contributed by atoms with Crippen molar-refractivity contribution in [2.45, 2.75) is 174 Å². The van der Waals surface area contributed by atoms with Crippen molar-refractivity contribution in [3.63, 3.8) is 0 Å². The fourth-order valence-corrected chi connectivity index (χ4v) is 6.37. The van der Waals surface area contributed by atoms with Crippen LogP contribution in [0.5, 0.6) is 0 Å². The number of ether oxygens (including phenoxy) is 2. The van der Waals surface area contributed by atoms with Gasteiger partial charge in [0.05, 0.1) is 27.7 Å². The Morgan fingerprint density at radius 3 is 1.52 bits per heavy atom. The van der Waals surface area contributed by atoms with Gasteiger partial charge in [0.2, 0.25) is 0 Å². The number of hydrogen-bond donors (Lipinski definition) is 1. The smallest absolute Gasteiger partial charge is 0.462 e. The van der Waals surface area contributed by atoms with Crippen molar-refractivity contribution < 1.29 is 42.1 Å². The summed E-state index contributed by atoms with van der Waals surface area (Å²) in [6.07, 6.45) is 45.5. The highest BCUT2D eigenvalue weighted by Gasteiger charge is 2.27. The van der Waals surface area contributed by atoms with Crippen molar-refractivity contribution in [2.24, 2.45) is 0 Å². The zero-order chi connectivity index (χ0) is 41.4. The summed E-state index contributed by atoms with van der Waals surface area (Å²) in [5.41, 5.74) is 0. The molecule has 0 heterocycles. The summed E-state index contributed by atoms with van der Waals surface area (Å²) in [5.74, 6) is -0.838. The molecule has 0 aliphatic rings. The number of esters is 2. The van der Waals surface area contributed by atoms with Crippen molar-refractivity contribution >= 4 is 19.8 Å². The van der Waals surface area contributed by atoms with Crippen LogP contribution in [-0.4, -0.2) is 74.9 Å². The number of nitrogens with zero attached hydrogens (tertiary/aromatic N) is 1. The second-order valence-corrected chi connectivity index (χ2v) is 17.2. The Balaban J connectivity index is 4.41. The number of quaternary nitrogens is 1. The maximum atomic E-state index is 12.7. The predicted octanol–water partition coefficient (Wildman–Crippen LogP) is 12.5. The summed E-state index contributed by atoms with van der Waals surface area (Å²) < 4.78 is 34.3. The number of carbonyl (C=O) groups excluding carboxylic acids is 2. The Bertz CT molecular complexity index is 1140. The van der Waals surface area contributed by atoms with E-state index in [9.17, 15) is 19.0 Å². The van der Waals surface area contributed by atoms with Gasteiger partial charge in [0.1, 0.15) is 19.8 Å². The van der Waals surface area contributed by atoms with E-state index in [4.69, 9.17) is 18.5 Å². The van der Waals surface area contributed by atoms with Crippen molar-refractivity contribution in [2.75, 3.05) is 47.5 Å². The number of phosphoric acid groups is 1. The highest BCUT2D eigenvalue weighted by Crippen LogP contribution is 2.43. The molecule has 0 rings (SSSR count). The Kier molecular flexibility index (Phi) is 36.7. The molecule has 0 aromatic rings. The van der Waals surface area contributed by atoms with E-state index in [-0.39, 0.29) is 26.1 Å². The molecule has 10 heteroatoms. The van der Waals surface area contributed by atoms with Crippen molar-refractivity contribution in [3.05, 3.63) is 60.8 Å². The Hall–Kier alpha value is -2.29. The van der Waals surface area contributed by atoms with E-state index in [0.717, 1.165) is 64.2 Å². The van der Waals surface area contributed by atoms with Crippen LogP contribution in [0.3, 0.4) is 0 Å². The van der Waals surface area contributed by atoms with E-state index in [1.54, 1.807) is 0 Å². The molecule has 0 bridgehead atoms. The lowest BCUT2D eigenvalue weighted by Gasteiger charge is -2.24. The summed E-state index contributed by atoms with van der Waals surface area (Å²) in [6, 6.07) is 0. The van der Waals surface area contributed by atoms with E-state index in [2.05, 4.69) is 74.6 Å². The summed E-state index contributed by atoms with van der Waals surface area (Å²) in [6.45, 7) is 4.26. The molecular weight excluding hydrogens is 725 g/mol. The minimum absolute atomic E-state index is 0.0246. The second kappa shape index (κ2) is 38.2. The van der Waals surface area contributed by atoms with E-state index in [0.29, 0.717) is 23.9 Å². The minimum Gasteiger partial charge on any atom is -0.462 e. The highest BCUT2D eigenvalue weighted by molar-refractivity contribution is 7.47. The molecule has 0 radical (unpaired) electrons. The topological polar surface area (TPSA) is 108 Å². The molecule has 1 N–H and O–H groups in total. The number of rotatable bonds is 39. The predicted molar refractivity (Wildman–Crippen MR) is 233 cm³/mol. The molecule has 2 atom stereocenters. The third kappa shape index (κ3) is 41.3. The molecule has 0 amide bonds. The van der Waals surface area contributed by atoms with Crippen LogP contribution in [0.1, 0.15) is 168 Å². The first kappa shape index (κ1) is 53.7. The molecule has 0 aromatic carbocycles. The molecule has 9 nitrogen and oxygen atoms in total. The van der Waals surface area contributed by atoms with E-state index in [1.807, 2.05) is 21.1 Å². The first-order chi connectivity index (χ1) is 27.0. The molecule has 1 unspecified atom stereocenters. The Morgan fingerprint density at radius 1 is 0.571 bits per heavy atom. The SMILES string of the molecule is CC/C=C/C/C=C/C/C=C/C/C=C/C/C=C/CCCCCC(=O)OC[C@@H](COP(=O)(O)OCC[N+](C)(C)C)OC(=O)CCCCCCCCCCCCCCC. The van der Waals surface area contributed by atoms with Gasteiger partial charge in [0.25, 0.3) is 0 Å². The van der Waals surface area contributed by atoms with Gasteiger partial charge in [-0.2, -0.15) is 0 Å². The quantitative estimate of drug-likeness (QED) is 0.0215. The van der Waals surface area contributed by atoms with Crippen LogP contribution >= 0.6 is 7.82 Å². The Labute approximate surface area is 343 Å². The molecule has 56 heavy (non-hydrogen) atoms. The molecule has 0 spiro atoms. The summed E-state index contributed by atoms with van der Waals surface area (Å²) in [4.78, 5) is 35.3. The van der Waals surface area contributed by atoms with Gasteiger partial charge in [-0.25, -0.2) is 4.57 Å². The van der Waals surface area contributed by atoms with Gasteiger partial charge >= 0.3 is 19.8 Å². The van der Waals surface area contributed by atoms with Crippen LogP contribution < -0.4 is 0 Å². The van der Waals surface area contributed by atoms with Gasteiger partial charge in [0, 0.05) is 12.8 Å². The normalized spacial score (nSPS) is 14.2. The van der Waals surface area contributed by atoms with E-state index in [1.165, 1.54) is 64.2 Å². The van der Waals surface area contributed by atoms with E-state index >= 15 is 0 Å². The summed E-state index contributed by atoms with van der Waals surface area (Å²) >= 11 is 0. The largest absolute Gasteiger partial charge is 0.472 e. The van der Waals surface area contributed by atoms with Crippen molar-refractivity contribution in [3.8, 4) is 0 Å². The zero-order valence-electron chi connectivity index (χ0n) is 36.3. The fraction of sp³-hybridized carbons (Fsp3) is 0.739. The fourth-order valence-electron chi connectivity index (χ4n) is 5.63. The molecule has 0 saturated heterocycles. The van der Waals surface area contributed by atoms with Gasteiger partial charge in [0.15, 0.2) is 6.10 Å². The van der Waals surface area contributed by atoms with Gasteiger partial charge in [-0.1, -0.05) is 158 Å². The Morgan fingerprint density at radius 2 is 1.02 bits per heavy atom. The number of carbonyl (C=O) groups is 2. The third-order valence-electron chi connectivity index (χ3n) is 9.06. The summed E-state index contributed by atoms with van der Waals surface area (Å²) in [7, 11) is 1.45. The maximum Gasteiger partial charge on any atom is 0.472 e. The number of phosphoric ester groups is 1. The van der Waals surface area contributed by atoms with Crippen LogP contribution in [0.2, 0.25) is 0 Å². The van der Waals surface area contributed by atoms with Crippen LogP contribution in [0.4, 0.5) is 0 Å². The molecule has 0 aliphatic carbocycles. The van der Waals surface area contributed by atoms with Crippen LogP contribution in [-0.2, 0) is 32.7 Å². The average molecular weight is 809 g/mol. The van der Waals surface area contributed by atoms with Crippen LogP contribution in [0.25, 0.3) is 0 Å². The average Bonchev–Trinajstić information content (AvgIpc) is 3.15. The minimum atomic E-state index is -4.38. The van der Waals surface area contributed by atoms with Crippen molar-refractivity contribution in [1.29, 1.82) is 0 Å². The number of allylic oxidation sites excluding steroid dienone is 10. The number of unbranched alkanes of at least 4 members (excludes halogenated alkanes) is 15. The lowest BCUT2D eigenvalue weighted by Crippen LogP contribution is -2.37. The van der Waals surface area contributed by atoms with Crippen molar-refractivity contribution in [1.82, 2.24) is 0 Å². The van der Waals surface area contributed by atoms with Gasteiger partial charge in [-0.3, -0.25) is 18.6 Å². The maximum absolute atomic E-state index is 12.7.